The van der Waals surface area contributed by atoms with Gasteiger partial charge in [0.1, 0.15) is 5.82 Å². The second kappa shape index (κ2) is 6.22. The van der Waals surface area contributed by atoms with Crippen molar-refractivity contribution >= 4 is 23.5 Å². The number of hydrogen-bond donors (Lipinski definition) is 0. The van der Waals surface area contributed by atoms with E-state index in [4.69, 9.17) is 16.3 Å². The third kappa shape index (κ3) is 3.10. The molecule has 0 radical (unpaired) electrons. The number of nitrogens with zero attached hydrogens (tertiary/aromatic N) is 1. The number of rotatable bonds is 2. The summed E-state index contributed by atoms with van der Waals surface area (Å²) in [6, 6.07) is 3.67. The van der Waals surface area contributed by atoms with Gasteiger partial charge in [0.15, 0.2) is 0 Å². The molecule has 0 saturated carbocycles. The molecule has 0 aromatic heterocycles. The maximum Gasteiger partial charge on any atom is 0.310 e. The van der Waals surface area contributed by atoms with Gasteiger partial charge in [-0.1, -0.05) is 11.6 Å². The van der Waals surface area contributed by atoms with Crippen LogP contribution in [-0.4, -0.2) is 37.0 Å². The Balaban J connectivity index is 2.14. The highest BCUT2D eigenvalue weighted by Crippen LogP contribution is 2.23. The minimum atomic E-state index is -0.488. The van der Waals surface area contributed by atoms with Crippen LogP contribution in [0.25, 0.3) is 0 Å². The summed E-state index contributed by atoms with van der Waals surface area (Å²) in [6.07, 6.45) is 1.43. The molecule has 0 N–H and O–H groups in total. The molecule has 0 bridgehead atoms. The average molecular weight is 300 g/mol. The van der Waals surface area contributed by atoms with Crippen molar-refractivity contribution < 1.29 is 18.7 Å². The van der Waals surface area contributed by atoms with Crippen LogP contribution in [0, 0.1) is 11.7 Å². The molecule has 4 nitrogen and oxygen atoms in total. The fraction of sp³-hybridized carbons (Fsp3) is 0.429. The molecule has 0 spiro atoms. The summed E-state index contributed by atoms with van der Waals surface area (Å²) in [5.41, 5.74) is 0.249. The number of carbonyl (C=O) groups excluding carboxylic acids is 2. The Morgan fingerprint density at radius 2 is 2.20 bits per heavy atom. The minimum absolute atomic E-state index is 0.0789. The maximum atomic E-state index is 13.0. The second-order valence-electron chi connectivity index (χ2n) is 4.74. The summed E-state index contributed by atoms with van der Waals surface area (Å²) in [5, 5.41) is 0.0789. The van der Waals surface area contributed by atoms with Gasteiger partial charge in [0.25, 0.3) is 5.91 Å². The van der Waals surface area contributed by atoms with Gasteiger partial charge in [-0.25, -0.2) is 4.39 Å². The summed E-state index contributed by atoms with van der Waals surface area (Å²) < 4.78 is 17.7. The molecule has 20 heavy (non-hydrogen) atoms. The zero-order valence-electron chi connectivity index (χ0n) is 11.1. The van der Waals surface area contributed by atoms with E-state index in [0.29, 0.717) is 19.5 Å². The third-order valence-electron chi connectivity index (χ3n) is 3.40. The van der Waals surface area contributed by atoms with E-state index in [1.165, 1.54) is 19.2 Å². The average Bonchev–Trinajstić information content (AvgIpc) is 2.46. The lowest BCUT2D eigenvalue weighted by atomic mass is 9.97. The second-order valence-corrected chi connectivity index (χ2v) is 5.14. The zero-order chi connectivity index (χ0) is 14.7. The van der Waals surface area contributed by atoms with Crippen LogP contribution in [0.2, 0.25) is 5.02 Å². The van der Waals surface area contributed by atoms with Gasteiger partial charge in [-0.15, -0.1) is 0 Å². The number of methoxy groups -OCH3 is 1. The van der Waals surface area contributed by atoms with Crippen molar-refractivity contribution in [3.63, 3.8) is 0 Å². The molecule has 1 amide bonds. The Kier molecular flexibility index (Phi) is 4.60. The van der Waals surface area contributed by atoms with Crippen molar-refractivity contribution in [3.05, 3.63) is 34.6 Å². The predicted molar refractivity (Wildman–Crippen MR) is 72.1 cm³/mol. The van der Waals surface area contributed by atoms with Gasteiger partial charge in [-0.2, -0.15) is 0 Å². The summed E-state index contributed by atoms with van der Waals surface area (Å²) in [4.78, 5) is 25.5. The summed E-state index contributed by atoms with van der Waals surface area (Å²) in [7, 11) is 1.33. The van der Waals surface area contributed by atoms with Gasteiger partial charge in [-0.3, -0.25) is 9.59 Å². The first-order valence-corrected chi connectivity index (χ1v) is 6.73. The molecule has 1 saturated heterocycles. The van der Waals surface area contributed by atoms with Crippen molar-refractivity contribution in [1.82, 2.24) is 4.90 Å². The molecule has 0 aliphatic carbocycles. The quantitative estimate of drug-likeness (QED) is 0.788. The number of likely N-dealkylation sites (tertiary alicyclic amines) is 1. The number of halogens is 2. The third-order valence-corrected chi connectivity index (χ3v) is 3.72. The predicted octanol–water partition coefficient (Wildman–Crippen LogP) is 2.50. The molecule has 1 heterocycles. The summed E-state index contributed by atoms with van der Waals surface area (Å²) in [6.45, 7) is 0.860. The van der Waals surface area contributed by atoms with E-state index in [2.05, 4.69) is 0 Å². The van der Waals surface area contributed by atoms with E-state index < -0.39 is 5.82 Å². The van der Waals surface area contributed by atoms with Crippen molar-refractivity contribution in [1.29, 1.82) is 0 Å². The fourth-order valence-electron chi connectivity index (χ4n) is 2.35. The van der Waals surface area contributed by atoms with E-state index >= 15 is 0 Å². The highest BCUT2D eigenvalue weighted by Gasteiger charge is 2.30. The lowest BCUT2D eigenvalue weighted by Gasteiger charge is -2.31. The standard InChI is InChI=1S/C14H15ClFNO3/c1-20-14(19)9-3-2-6-17(8-9)13(18)11-5-4-10(16)7-12(11)15/h4-5,7,9H,2-3,6,8H2,1H3. The summed E-state index contributed by atoms with van der Waals surface area (Å²) in [5.74, 6) is -1.40. The Hall–Kier alpha value is -1.62. The van der Waals surface area contributed by atoms with E-state index in [9.17, 15) is 14.0 Å². The van der Waals surface area contributed by atoms with Gasteiger partial charge >= 0.3 is 5.97 Å². The SMILES string of the molecule is COC(=O)C1CCCN(C(=O)c2ccc(F)cc2Cl)C1. The minimum Gasteiger partial charge on any atom is -0.469 e. The molecular formula is C14H15ClFNO3. The first-order chi connectivity index (χ1) is 9.52. The van der Waals surface area contributed by atoms with Crippen molar-refractivity contribution in [2.75, 3.05) is 20.2 Å². The van der Waals surface area contributed by atoms with Crippen LogP contribution in [0.3, 0.4) is 0 Å². The van der Waals surface area contributed by atoms with E-state index in [1.807, 2.05) is 0 Å². The largest absolute Gasteiger partial charge is 0.469 e. The number of benzene rings is 1. The Bertz CT molecular complexity index is 535. The molecule has 1 unspecified atom stereocenters. The van der Waals surface area contributed by atoms with Crippen LogP contribution in [0.5, 0.6) is 0 Å². The Morgan fingerprint density at radius 3 is 2.85 bits per heavy atom. The number of esters is 1. The van der Waals surface area contributed by atoms with Crippen molar-refractivity contribution in [2.45, 2.75) is 12.8 Å². The van der Waals surface area contributed by atoms with Gasteiger partial charge in [0, 0.05) is 13.1 Å². The van der Waals surface area contributed by atoms with E-state index in [0.717, 1.165) is 12.5 Å². The van der Waals surface area contributed by atoms with Crippen LogP contribution >= 0.6 is 11.6 Å². The van der Waals surface area contributed by atoms with E-state index in [-0.39, 0.29) is 28.4 Å². The maximum absolute atomic E-state index is 13.0. The van der Waals surface area contributed by atoms with E-state index in [1.54, 1.807) is 4.90 Å². The highest BCUT2D eigenvalue weighted by molar-refractivity contribution is 6.33. The molecule has 1 aromatic rings. The van der Waals surface area contributed by atoms with Crippen LogP contribution in [0.1, 0.15) is 23.2 Å². The number of piperidine rings is 1. The zero-order valence-corrected chi connectivity index (χ0v) is 11.8. The van der Waals surface area contributed by atoms with Crippen molar-refractivity contribution in [3.8, 4) is 0 Å². The molecule has 6 heteroatoms. The molecule has 1 aliphatic heterocycles. The normalized spacial score (nSPS) is 18.8. The van der Waals surface area contributed by atoms with Gasteiger partial charge in [0.05, 0.1) is 23.6 Å². The summed E-state index contributed by atoms with van der Waals surface area (Å²) >= 11 is 5.89. The van der Waals surface area contributed by atoms with Gasteiger partial charge < -0.3 is 9.64 Å². The van der Waals surface area contributed by atoms with Crippen LogP contribution in [0.15, 0.2) is 18.2 Å². The van der Waals surface area contributed by atoms with Gasteiger partial charge in [0.2, 0.25) is 0 Å². The first kappa shape index (κ1) is 14.8. The molecule has 1 fully saturated rings. The molecule has 1 aliphatic rings. The number of carbonyl (C=O) groups is 2. The Labute approximate surface area is 121 Å². The molecule has 2 rings (SSSR count). The van der Waals surface area contributed by atoms with Gasteiger partial charge in [-0.05, 0) is 31.0 Å². The number of amides is 1. The van der Waals surface area contributed by atoms with Crippen LogP contribution in [-0.2, 0) is 9.53 Å². The molecule has 1 aromatic carbocycles. The monoisotopic (exact) mass is 299 g/mol. The first-order valence-electron chi connectivity index (χ1n) is 6.35. The fourth-order valence-corrected chi connectivity index (χ4v) is 2.60. The van der Waals surface area contributed by atoms with Crippen molar-refractivity contribution in [2.24, 2.45) is 5.92 Å². The van der Waals surface area contributed by atoms with Crippen LogP contribution in [0.4, 0.5) is 4.39 Å². The lowest BCUT2D eigenvalue weighted by Crippen LogP contribution is -2.42. The lowest BCUT2D eigenvalue weighted by molar-refractivity contribution is -0.146. The highest BCUT2D eigenvalue weighted by atomic mass is 35.5. The molecule has 108 valence electrons. The number of ether oxygens (including phenoxy) is 1. The Morgan fingerprint density at radius 1 is 1.45 bits per heavy atom. The topological polar surface area (TPSA) is 46.6 Å². The number of hydrogen-bond acceptors (Lipinski definition) is 3. The van der Waals surface area contributed by atoms with Crippen LogP contribution < -0.4 is 0 Å². The molecule has 1 atom stereocenters. The molecular weight excluding hydrogens is 285 g/mol. The smallest absolute Gasteiger partial charge is 0.310 e.